The number of methoxy groups -OCH3 is 1. The molecule has 0 bridgehead atoms. The lowest BCUT2D eigenvalue weighted by molar-refractivity contribution is -0.132. The molecule has 1 aliphatic rings. The molecule has 0 fully saturated rings. The summed E-state index contributed by atoms with van der Waals surface area (Å²) in [5.74, 6) is -3.14. The lowest BCUT2D eigenvalue weighted by Crippen LogP contribution is -2.28. The van der Waals surface area contributed by atoms with E-state index in [1.807, 2.05) is 6.92 Å². The number of carbonyl (C=O) groups is 3. The highest BCUT2D eigenvalue weighted by Gasteiger charge is 2.37. The van der Waals surface area contributed by atoms with Gasteiger partial charge in [0.15, 0.2) is 0 Å². The Bertz CT molecular complexity index is 1070. The van der Waals surface area contributed by atoms with E-state index in [2.05, 4.69) is 9.84 Å². The molecule has 0 aromatic heterocycles. The predicted octanol–water partition coefficient (Wildman–Crippen LogP) is 4.29. The maximum Gasteiger partial charge on any atom is 0.337 e. The number of hydrogen-bond acceptors (Lipinski definition) is 5. The number of aliphatic carboxylic acids is 1. The van der Waals surface area contributed by atoms with Crippen LogP contribution in [0, 0.1) is 11.7 Å². The van der Waals surface area contributed by atoms with Crippen LogP contribution in [0.3, 0.4) is 0 Å². The van der Waals surface area contributed by atoms with Crippen LogP contribution in [0.25, 0.3) is 6.08 Å². The van der Waals surface area contributed by atoms with Gasteiger partial charge in [-0.05, 0) is 60.9 Å². The molecular weight excluding hydrogens is 415 g/mol. The number of carboxylic acids is 1. The van der Waals surface area contributed by atoms with Gasteiger partial charge in [-0.15, -0.1) is 0 Å². The van der Waals surface area contributed by atoms with Crippen LogP contribution in [-0.2, 0) is 14.3 Å². The van der Waals surface area contributed by atoms with Crippen molar-refractivity contribution >= 4 is 35.3 Å². The third kappa shape index (κ3) is 5.08. The van der Waals surface area contributed by atoms with Gasteiger partial charge >= 0.3 is 11.9 Å². The summed E-state index contributed by atoms with van der Waals surface area (Å²) in [6.07, 6.45) is 2.71. The minimum Gasteiger partial charge on any atom is -0.478 e. The van der Waals surface area contributed by atoms with Gasteiger partial charge in [0.2, 0.25) is 0 Å². The molecule has 0 aliphatic carbocycles. The molecule has 3 rings (SSSR count). The molecule has 0 radical (unpaired) electrons. The number of benzene rings is 2. The van der Waals surface area contributed by atoms with Crippen molar-refractivity contribution in [1.29, 1.82) is 0 Å². The van der Waals surface area contributed by atoms with Crippen molar-refractivity contribution in [2.24, 2.45) is 11.0 Å². The van der Waals surface area contributed by atoms with Crippen LogP contribution in [0.15, 0.2) is 59.2 Å². The molecule has 8 heteroatoms. The van der Waals surface area contributed by atoms with Crippen LogP contribution in [0.2, 0.25) is 0 Å². The largest absolute Gasteiger partial charge is 0.478 e. The van der Waals surface area contributed by atoms with E-state index in [-0.39, 0.29) is 17.9 Å². The zero-order chi connectivity index (χ0) is 23.3. The van der Waals surface area contributed by atoms with Crippen LogP contribution in [-0.4, -0.2) is 35.8 Å². The summed E-state index contributed by atoms with van der Waals surface area (Å²) in [6, 6.07) is 11.7. The van der Waals surface area contributed by atoms with E-state index in [0.29, 0.717) is 28.9 Å². The molecule has 0 saturated heterocycles. The Kier molecular flexibility index (Phi) is 7.14. The van der Waals surface area contributed by atoms with E-state index in [1.165, 1.54) is 54.6 Å². The van der Waals surface area contributed by atoms with Gasteiger partial charge in [0.1, 0.15) is 5.82 Å². The third-order valence-electron chi connectivity index (χ3n) is 5.09. The van der Waals surface area contributed by atoms with Crippen LogP contribution >= 0.6 is 0 Å². The first-order valence-electron chi connectivity index (χ1n) is 10.1. The fourth-order valence-corrected chi connectivity index (χ4v) is 3.45. The van der Waals surface area contributed by atoms with Crippen molar-refractivity contribution in [3.63, 3.8) is 0 Å². The number of hydrogen-bond donors (Lipinski definition) is 1. The second-order valence-corrected chi connectivity index (χ2v) is 7.31. The number of carboxylic acid groups (broad SMARTS) is 1. The van der Waals surface area contributed by atoms with Gasteiger partial charge in [-0.3, -0.25) is 4.79 Å². The zero-order valence-electron chi connectivity index (χ0n) is 17.7. The van der Waals surface area contributed by atoms with Gasteiger partial charge in [-0.1, -0.05) is 25.5 Å². The van der Waals surface area contributed by atoms with Gasteiger partial charge in [-0.2, -0.15) is 5.10 Å². The molecule has 1 amide bonds. The van der Waals surface area contributed by atoms with E-state index >= 15 is 0 Å². The first-order valence-corrected chi connectivity index (χ1v) is 10.1. The second kappa shape index (κ2) is 10.00. The Balaban J connectivity index is 1.87. The molecule has 7 nitrogen and oxygen atoms in total. The minimum absolute atomic E-state index is 0.0382. The monoisotopic (exact) mass is 438 g/mol. The SMILES string of the molecule is CCCC1=NN(c2ccc(F)cc2)C(=O)C1C/C(=C/c1ccc(C(=O)OC)cc1)C(=O)O. The zero-order valence-corrected chi connectivity index (χ0v) is 17.7. The summed E-state index contributed by atoms with van der Waals surface area (Å²) >= 11 is 0. The van der Waals surface area contributed by atoms with E-state index in [4.69, 9.17) is 0 Å². The fourth-order valence-electron chi connectivity index (χ4n) is 3.45. The lowest BCUT2D eigenvalue weighted by atomic mass is 9.91. The lowest BCUT2D eigenvalue weighted by Gasteiger charge is -2.15. The van der Waals surface area contributed by atoms with Crippen LogP contribution in [0.1, 0.15) is 42.1 Å². The van der Waals surface area contributed by atoms with Crippen molar-refractivity contribution < 1.29 is 28.6 Å². The smallest absolute Gasteiger partial charge is 0.337 e. The Labute approximate surface area is 184 Å². The van der Waals surface area contributed by atoms with Crippen molar-refractivity contribution in [3.05, 3.63) is 71.0 Å². The summed E-state index contributed by atoms with van der Waals surface area (Å²) < 4.78 is 17.9. The number of hydrazone groups is 1. The predicted molar refractivity (Wildman–Crippen MR) is 118 cm³/mol. The Morgan fingerprint density at radius 3 is 2.38 bits per heavy atom. The van der Waals surface area contributed by atoms with Gasteiger partial charge in [0, 0.05) is 5.57 Å². The summed E-state index contributed by atoms with van der Waals surface area (Å²) in [6.45, 7) is 1.95. The Morgan fingerprint density at radius 2 is 1.81 bits per heavy atom. The highest BCUT2D eigenvalue weighted by molar-refractivity contribution is 6.16. The molecular formula is C24H23FN2O5. The number of halogens is 1. The maximum absolute atomic E-state index is 13.3. The van der Waals surface area contributed by atoms with Crippen molar-refractivity contribution in [1.82, 2.24) is 0 Å². The quantitative estimate of drug-likeness (QED) is 0.490. The molecule has 1 N–H and O–H groups in total. The van der Waals surface area contributed by atoms with Gasteiger partial charge in [0.05, 0.1) is 30.0 Å². The maximum atomic E-state index is 13.3. The van der Waals surface area contributed by atoms with E-state index in [9.17, 15) is 23.9 Å². The number of nitrogens with zero attached hydrogens (tertiary/aromatic N) is 2. The average molecular weight is 438 g/mol. The second-order valence-electron chi connectivity index (χ2n) is 7.31. The highest BCUT2D eigenvalue weighted by Crippen LogP contribution is 2.30. The van der Waals surface area contributed by atoms with Gasteiger partial charge in [0.25, 0.3) is 5.91 Å². The normalized spacial score (nSPS) is 16.2. The molecule has 32 heavy (non-hydrogen) atoms. The number of amides is 1. The van der Waals surface area contributed by atoms with Crippen LogP contribution in [0.5, 0.6) is 0 Å². The molecule has 0 spiro atoms. The number of rotatable bonds is 8. The molecule has 0 saturated carbocycles. The minimum atomic E-state index is -1.15. The number of esters is 1. The topological polar surface area (TPSA) is 96.3 Å². The Hall–Kier alpha value is -3.81. The van der Waals surface area contributed by atoms with E-state index < -0.39 is 23.7 Å². The number of carbonyl (C=O) groups excluding carboxylic acids is 2. The van der Waals surface area contributed by atoms with Crippen LogP contribution < -0.4 is 5.01 Å². The molecule has 166 valence electrons. The summed E-state index contributed by atoms with van der Waals surface area (Å²) in [5, 5.41) is 15.4. The van der Waals surface area contributed by atoms with Crippen molar-refractivity contribution in [3.8, 4) is 0 Å². The third-order valence-corrected chi connectivity index (χ3v) is 5.09. The standard InChI is InChI=1S/C24H23FN2O5/c1-3-4-21-20(22(28)27(26-21)19-11-9-18(25)10-12-19)14-17(23(29)30)13-15-5-7-16(8-6-15)24(31)32-2/h5-13,20H,3-4,14H2,1-2H3,(H,29,30)/b17-13-. The van der Waals surface area contributed by atoms with Crippen molar-refractivity contribution in [2.75, 3.05) is 12.1 Å². The first kappa shape index (κ1) is 22.9. The molecule has 2 aromatic carbocycles. The highest BCUT2D eigenvalue weighted by atomic mass is 19.1. The Morgan fingerprint density at radius 1 is 1.16 bits per heavy atom. The van der Waals surface area contributed by atoms with E-state index in [0.717, 1.165) is 6.42 Å². The fraction of sp³-hybridized carbons (Fsp3) is 0.250. The van der Waals surface area contributed by atoms with Gasteiger partial charge < -0.3 is 9.84 Å². The molecule has 2 aromatic rings. The summed E-state index contributed by atoms with van der Waals surface area (Å²) in [7, 11) is 1.28. The molecule has 1 atom stereocenters. The van der Waals surface area contributed by atoms with E-state index in [1.54, 1.807) is 12.1 Å². The molecule has 1 unspecified atom stereocenters. The molecule has 1 heterocycles. The summed E-state index contributed by atoms with van der Waals surface area (Å²) in [5.41, 5.74) is 1.98. The van der Waals surface area contributed by atoms with Crippen LogP contribution in [0.4, 0.5) is 10.1 Å². The van der Waals surface area contributed by atoms with Gasteiger partial charge in [-0.25, -0.2) is 19.0 Å². The molecule has 1 aliphatic heterocycles. The number of anilines is 1. The average Bonchev–Trinajstić information content (AvgIpc) is 3.09. The van der Waals surface area contributed by atoms with Crippen molar-refractivity contribution in [2.45, 2.75) is 26.2 Å². The first-order chi connectivity index (χ1) is 15.3. The summed E-state index contributed by atoms with van der Waals surface area (Å²) in [4.78, 5) is 36.6. The number of ether oxygens (including phenoxy) is 1.